The molecule has 0 radical (unpaired) electrons. The molecule has 1 saturated carbocycles. The number of hydrogen-bond acceptors (Lipinski definition) is 2. The Labute approximate surface area is 144 Å². The highest BCUT2D eigenvalue weighted by Gasteiger charge is 2.33. The summed E-state index contributed by atoms with van der Waals surface area (Å²) in [6.45, 7) is 0.514. The highest BCUT2D eigenvalue weighted by molar-refractivity contribution is 5.89. The van der Waals surface area contributed by atoms with Gasteiger partial charge in [-0.25, -0.2) is 13.6 Å². The van der Waals surface area contributed by atoms with Gasteiger partial charge in [-0.15, -0.1) is 0 Å². The molecule has 7 heteroatoms. The van der Waals surface area contributed by atoms with E-state index in [2.05, 4.69) is 10.4 Å². The Morgan fingerprint density at radius 1 is 1.24 bits per heavy atom. The van der Waals surface area contributed by atoms with Crippen LogP contribution in [0.25, 0.3) is 0 Å². The quantitative estimate of drug-likeness (QED) is 0.915. The third-order valence-corrected chi connectivity index (χ3v) is 4.96. The second-order valence-electron chi connectivity index (χ2n) is 6.80. The van der Waals surface area contributed by atoms with Gasteiger partial charge in [0.1, 0.15) is 17.5 Å². The number of nitrogens with one attached hydrogen (secondary N) is 1. The number of anilines is 1. The van der Waals surface area contributed by atoms with E-state index in [-0.39, 0.29) is 11.6 Å². The predicted molar refractivity (Wildman–Crippen MR) is 89.2 cm³/mol. The highest BCUT2D eigenvalue weighted by Crippen LogP contribution is 2.40. The van der Waals surface area contributed by atoms with Gasteiger partial charge >= 0.3 is 6.03 Å². The summed E-state index contributed by atoms with van der Waals surface area (Å²) in [4.78, 5) is 14.3. The number of nitrogens with zero attached hydrogens (tertiary/aromatic N) is 3. The van der Waals surface area contributed by atoms with Crippen LogP contribution in [0.2, 0.25) is 0 Å². The first-order valence-corrected chi connectivity index (χ1v) is 8.59. The summed E-state index contributed by atoms with van der Waals surface area (Å²) >= 11 is 0. The fraction of sp³-hybridized carbons (Fsp3) is 0.444. The van der Waals surface area contributed by atoms with Crippen LogP contribution in [0.4, 0.5) is 19.4 Å². The van der Waals surface area contributed by atoms with Crippen molar-refractivity contribution in [2.75, 3.05) is 11.9 Å². The van der Waals surface area contributed by atoms with Crippen molar-refractivity contribution in [2.24, 2.45) is 7.05 Å². The van der Waals surface area contributed by atoms with Crippen LogP contribution >= 0.6 is 0 Å². The molecular formula is C18H20F2N4O. The van der Waals surface area contributed by atoms with Gasteiger partial charge in [0.05, 0.1) is 11.7 Å². The van der Waals surface area contributed by atoms with E-state index in [1.165, 1.54) is 6.07 Å². The molecular weight excluding hydrogens is 326 g/mol. The molecule has 4 rings (SSSR count). The molecule has 0 bridgehead atoms. The van der Waals surface area contributed by atoms with Gasteiger partial charge in [-0.2, -0.15) is 5.10 Å². The molecule has 1 aromatic heterocycles. The molecule has 2 aromatic rings. The summed E-state index contributed by atoms with van der Waals surface area (Å²) in [6.07, 6.45) is 3.65. The van der Waals surface area contributed by atoms with E-state index in [9.17, 15) is 13.6 Å². The molecule has 2 fully saturated rings. The summed E-state index contributed by atoms with van der Waals surface area (Å²) in [7, 11) is 1.79. The summed E-state index contributed by atoms with van der Waals surface area (Å²) in [6, 6.07) is 4.52. The zero-order chi connectivity index (χ0) is 17.6. The Hall–Kier alpha value is -2.44. The summed E-state index contributed by atoms with van der Waals surface area (Å²) in [5.41, 5.74) is 1.23. The number of urea groups is 1. The third-order valence-electron chi connectivity index (χ3n) is 4.96. The Kier molecular flexibility index (Phi) is 3.94. The fourth-order valence-corrected chi connectivity index (χ4v) is 3.47. The number of likely N-dealkylation sites (tertiary alicyclic amines) is 1. The molecule has 1 aliphatic heterocycles. The van der Waals surface area contributed by atoms with Gasteiger partial charge in [0, 0.05) is 31.1 Å². The molecule has 2 heterocycles. The lowest BCUT2D eigenvalue weighted by molar-refractivity contribution is 0.205. The number of halogens is 2. The SMILES string of the molecule is Cn1nc(C2CC2)cc1NC(=O)N1CCCC1c1cc(F)ccc1F. The standard InChI is InChI=1S/C18H20F2N4O/c1-23-17(10-15(22-23)11-4-5-11)21-18(25)24-8-2-3-16(24)13-9-12(19)6-7-14(13)20/h6-7,9-11,16H,2-5,8H2,1H3,(H,21,25). The molecule has 1 saturated heterocycles. The van der Waals surface area contributed by atoms with Crippen molar-refractivity contribution in [2.45, 2.75) is 37.6 Å². The number of hydrogen-bond donors (Lipinski definition) is 1. The van der Waals surface area contributed by atoms with Crippen LogP contribution in [0.15, 0.2) is 24.3 Å². The van der Waals surface area contributed by atoms with E-state index in [1.54, 1.807) is 16.6 Å². The van der Waals surface area contributed by atoms with Crippen molar-refractivity contribution in [1.82, 2.24) is 14.7 Å². The van der Waals surface area contributed by atoms with Crippen molar-refractivity contribution in [3.63, 3.8) is 0 Å². The molecule has 2 amide bonds. The lowest BCUT2D eigenvalue weighted by Crippen LogP contribution is -2.35. The molecule has 1 unspecified atom stereocenters. The molecule has 1 atom stereocenters. The van der Waals surface area contributed by atoms with Gasteiger partial charge in [-0.3, -0.25) is 10.00 Å². The van der Waals surface area contributed by atoms with E-state index in [0.717, 1.165) is 37.1 Å². The summed E-state index contributed by atoms with van der Waals surface area (Å²) < 4.78 is 29.3. The minimum Gasteiger partial charge on any atom is -0.317 e. The minimum atomic E-state index is -0.496. The largest absolute Gasteiger partial charge is 0.323 e. The molecule has 5 nitrogen and oxygen atoms in total. The number of carbonyl (C=O) groups is 1. The minimum absolute atomic E-state index is 0.233. The first kappa shape index (κ1) is 16.1. The van der Waals surface area contributed by atoms with Crippen LogP contribution in [0, 0.1) is 11.6 Å². The summed E-state index contributed by atoms with van der Waals surface area (Å²) in [5, 5.41) is 7.29. The Morgan fingerprint density at radius 3 is 2.80 bits per heavy atom. The van der Waals surface area contributed by atoms with E-state index in [4.69, 9.17) is 0 Å². The van der Waals surface area contributed by atoms with E-state index < -0.39 is 17.7 Å². The average Bonchev–Trinajstić information content (AvgIpc) is 3.21. The third kappa shape index (κ3) is 3.10. The van der Waals surface area contributed by atoms with Crippen molar-refractivity contribution in [1.29, 1.82) is 0 Å². The summed E-state index contributed by atoms with van der Waals surface area (Å²) in [5.74, 6) is 0.141. The number of amides is 2. The van der Waals surface area contributed by atoms with Crippen LogP contribution in [-0.4, -0.2) is 27.3 Å². The average molecular weight is 346 g/mol. The lowest BCUT2D eigenvalue weighted by Gasteiger charge is -2.25. The van der Waals surface area contributed by atoms with Crippen LogP contribution in [0.5, 0.6) is 0 Å². The Balaban J connectivity index is 1.53. The lowest BCUT2D eigenvalue weighted by atomic mass is 10.0. The van der Waals surface area contributed by atoms with Crippen LogP contribution in [0.3, 0.4) is 0 Å². The van der Waals surface area contributed by atoms with E-state index >= 15 is 0 Å². The first-order valence-electron chi connectivity index (χ1n) is 8.59. The number of aromatic nitrogens is 2. The second kappa shape index (κ2) is 6.13. The first-order chi connectivity index (χ1) is 12.0. The van der Waals surface area contributed by atoms with Crippen LogP contribution in [-0.2, 0) is 7.05 Å². The Bertz CT molecular complexity index is 815. The number of carbonyl (C=O) groups excluding carboxylic acids is 1. The normalized spacial score (nSPS) is 20.1. The van der Waals surface area contributed by atoms with Gasteiger partial charge in [-0.1, -0.05) is 0 Å². The molecule has 25 heavy (non-hydrogen) atoms. The van der Waals surface area contributed by atoms with Gasteiger partial charge in [-0.05, 0) is 43.9 Å². The smallest absolute Gasteiger partial charge is 0.317 e. The van der Waals surface area contributed by atoms with E-state index in [1.807, 2.05) is 6.07 Å². The maximum atomic E-state index is 14.1. The maximum Gasteiger partial charge on any atom is 0.323 e. The molecule has 1 aliphatic carbocycles. The molecule has 0 spiro atoms. The van der Waals surface area contributed by atoms with Crippen molar-refractivity contribution >= 4 is 11.8 Å². The monoisotopic (exact) mass is 346 g/mol. The van der Waals surface area contributed by atoms with Crippen LogP contribution < -0.4 is 5.32 Å². The molecule has 1 N–H and O–H groups in total. The van der Waals surface area contributed by atoms with Crippen molar-refractivity contribution < 1.29 is 13.6 Å². The van der Waals surface area contributed by atoms with E-state index in [0.29, 0.717) is 24.7 Å². The van der Waals surface area contributed by atoms with Crippen molar-refractivity contribution in [3.05, 3.63) is 47.2 Å². The predicted octanol–water partition coefficient (Wildman–Crippen LogP) is 3.94. The van der Waals surface area contributed by atoms with Crippen LogP contribution in [0.1, 0.15) is 48.9 Å². The van der Waals surface area contributed by atoms with Gasteiger partial charge in [0.15, 0.2) is 0 Å². The number of aryl methyl sites for hydroxylation is 1. The van der Waals surface area contributed by atoms with Crippen molar-refractivity contribution in [3.8, 4) is 0 Å². The second-order valence-corrected chi connectivity index (χ2v) is 6.80. The zero-order valence-corrected chi connectivity index (χ0v) is 14.0. The van der Waals surface area contributed by atoms with Gasteiger partial charge < -0.3 is 4.90 Å². The molecule has 132 valence electrons. The molecule has 2 aliphatic rings. The van der Waals surface area contributed by atoms with Gasteiger partial charge in [0.25, 0.3) is 0 Å². The number of benzene rings is 1. The topological polar surface area (TPSA) is 50.2 Å². The molecule has 1 aromatic carbocycles. The highest BCUT2D eigenvalue weighted by atomic mass is 19.1. The maximum absolute atomic E-state index is 14.1. The fourth-order valence-electron chi connectivity index (χ4n) is 3.47. The van der Waals surface area contributed by atoms with Gasteiger partial charge in [0.2, 0.25) is 0 Å². The Morgan fingerprint density at radius 2 is 2.04 bits per heavy atom. The zero-order valence-electron chi connectivity index (χ0n) is 14.0. The number of rotatable bonds is 3.